The van der Waals surface area contributed by atoms with Gasteiger partial charge < -0.3 is 5.32 Å². The van der Waals surface area contributed by atoms with E-state index in [1.807, 2.05) is 12.1 Å². The first-order chi connectivity index (χ1) is 7.74. The Kier molecular flexibility index (Phi) is 4.56. The number of hydrogen-bond acceptors (Lipinski definition) is 2. The van der Waals surface area contributed by atoms with Crippen LogP contribution in [0.15, 0.2) is 24.3 Å². The summed E-state index contributed by atoms with van der Waals surface area (Å²) in [4.78, 5) is 0. The third-order valence-electron chi connectivity index (χ3n) is 2.91. The molecule has 1 aliphatic rings. The van der Waals surface area contributed by atoms with Gasteiger partial charge in [-0.05, 0) is 43.2 Å². The molecule has 2 atom stereocenters. The molecule has 0 aliphatic carbocycles. The maximum atomic E-state index is 5.87. The van der Waals surface area contributed by atoms with E-state index in [0.717, 1.165) is 11.4 Å². The van der Waals surface area contributed by atoms with Crippen molar-refractivity contribution in [2.24, 2.45) is 0 Å². The summed E-state index contributed by atoms with van der Waals surface area (Å²) in [5.74, 6) is 2.58. The normalized spacial score (nSPS) is 22.2. The Morgan fingerprint density at radius 1 is 1.44 bits per heavy atom. The van der Waals surface area contributed by atoms with Crippen molar-refractivity contribution in [2.45, 2.75) is 31.8 Å². The quantitative estimate of drug-likeness (QED) is 0.886. The molecule has 2 unspecified atom stereocenters. The highest BCUT2D eigenvalue weighted by Gasteiger charge is 2.17. The lowest BCUT2D eigenvalue weighted by Gasteiger charge is -2.18. The molecule has 1 nitrogen and oxygen atoms in total. The van der Waals surface area contributed by atoms with Gasteiger partial charge in [-0.3, -0.25) is 0 Å². The van der Waals surface area contributed by atoms with E-state index in [0.29, 0.717) is 12.1 Å². The zero-order valence-corrected chi connectivity index (χ0v) is 11.2. The third-order valence-corrected chi connectivity index (χ3v) is 4.32. The van der Waals surface area contributed by atoms with E-state index in [1.165, 1.54) is 23.5 Å². The zero-order valence-electron chi connectivity index (χ0n) is 9.58. The number of hydrogen-bond donors (Lipinski definition) is 1. The van der Waals surface area contributed by atoms with Gasteiger partial charge in [0.2, 0.25) is 0 Å². The summed E-state index contributed by atoms with van der Waals surface area (Å²) in [6.45, 7) is 2.26. The lowest BCUT2D eigenvalue weighted by atomic mass is 10.1. The van der Waals surface area contributed by atoms with Gasteiger partial charge in [0.05, 0.1) is 0 Å². The summed E-state index contributed by atoms with van der Waals surface area (Å²) in [5.41, 5.74) is 1.36. The van der Waals surface area contributed by atoms with Crippen LogP contribution < -0.4 is 5.32 Å². The largest absolute Gasteiger partial charge is 0.310 e. The average molecular weight is 256 g/mol. The summed E-state index contributed by atoms with van der Waals surface area (Å²) < 4.78 is 0. The van der Waals surface area contributed by atoms with Crippen LogP contribution in [0.2, 0.25) is 5.02 Å². The smallest absolute Gasteiger partial charge is 0.0406 e. The highest BCUT2D eigenvalue weighted by Crippen LogP contribution is 2.18. The monoisotopic (exact) mass is 255 g/mol. The molecule has 0 radical (unpaired) electrons. The molecule has 1 heterocycles. The summed E-state index contributed by atoms with van der Waals surface area (Å²) in [6.07, 6.45) is 2.40. The van der Waals surface area contributed by atoms with E-state index >= 15 is 0 Å². The van der Waals surface area contributed by atoms with Crippen molar-refractivity contribution in [3.05, 3.63) is 34.9 Å². The summed E-state index contributed by atoms with van der Waals surface area (Å²) >= 11 is 7.92. The Morgan fingerprint density at radius 2 is 2.19 bits per heavy atom. The molecular formula is C13H18ClNS. The molecule has 16 heavy (non-hydrogen) atoms. The van der Waals surface area contributed by atoms with E-state index in [-0.39, 0.29) is 0 Å². The van der Waals surface area contributed by atoms with Crippen molar-refractivity contribution in [2.75, 3.05) is 11.5 Å². The van der Waals surface area contributed by atoms with Crippen molar-refractivity contribution in [1.82, 2.24) is 5.32 Å². The van der Waals surface area contributed by atoms with Crippen LogP contribution in [0.25, 0.3) is 0 Å². The minimum Gasteiger partial charge on any atom is -0.310 e. The first kappa shape index (κ1) is 12.3. The number of thioether (sulfide) groups is 1. The predicted octanol–water partition coefficient (Wildman–Crippen LogP) is 3.37. The van der Waals surface area contributed by atoms with Gasteiger partial charge in [-0.2, -0.15) is 11.8 Å². The van der Waals surface area contributed by atoms with Crippen LogP contribution in [-0.4, -0.2) is 23.6 Å². The number of nitrogens with one attached hydrogen (secondary N) is 1. The minimum atomic E-state index is 0.546. The minimum absolute atomic E-state index is 0.546. The molecule has 0 saturated carbocycles. The summed E-state index contributed by atoms with van der Waals surface area (Å²) in [5, 5.41) is 4.50. The lowest BCUT2D eigenvalue weighted by Crippen LogP contribution is -2.37. The number of rotatable bonds is 4. The molecule has 1 saturated heterocycles. The van der Waals surface area contributed by atoms with E-state index in [9.17, 15) is 0 Å². The topological polar surface area (TPSA) is 12.0 Å². The highest BCUT2D eigenvalue weighted by molar-refractivity contribution is 7.99. The Morgan fingerprint density at radius 3 is 2.81 bits per heavy atom. The molecule has 3 heteroatoms. The molecule has 1 aromatic carbocycles. The molecule has 1 fully saturated rings. The van der Waals surface area contributed by atoms with Gasteiger partial charge in [-0.1, -0.05) is 23.7 Å². The van der Waals surface area contributed by atoms with E-state index in [4.69, 9.17) is 11.6 Å². The highest BCUT2D eigenvalue weighted by atomic mass is 35.5. The molecule has 0 aromatic heterocycles. The van der Waals surface area contributed by atoms with Gasteiger partial charge in [-0.15, -0.1) is 0 Å². The van der Waals surface area contributed by atoms with Gasteiger partial charge in [0.1, 0.15) is 0 Å². The van der Waals surface area contributed by atoms with Crippen LogP contribution in [-0.2, 0) is 6.42 Å². The first-order valence-electron chi connectivity index (χ1n) is 5.82. The molecule has 0 bridgehead atoms. The van der Waals surface area contributed by atoms with Crippen molar-refractivity contribution in [1.29, 1.82) is 0 Å². The Balaban J connectivity index is 1.81. The van der Waals surface area contributed by atoms with Crippen molar-refractivity contribution < 1.29 is 0 Å². The van der Waals surface area contributed by atoms with Crippen molar-refractivity contribution >= 4 is 23.4 Å². The van der Waals surface area contributed by atoms with Crippen LogP contribution >= 0.6 is 23.4 Å². The van der Waals surface area contributed by atoms with Crippen molar-refractivity contribution in [3.8, 4) is 0 Å². The van der Waals surface area contributed by atoms with Crippen LogP contribution in [0.4, 0.5) is 0 Å². The van der Waals surface area contributed by atoms with E-state index in [1.54, 1.807) is 0 Å². The number of halogens is 1. The second kappa shape index (κ2) is 5.95. The number of benzene rings is 1. The first-order valence-corrected chi connectivity index (χ1v) is 7.35. The zero-order chi connectivity index (χ0) is 11.4. The van der Waals surface area contributed by atoms with Crippen LogP contribution in [0.3, 0.4) is 0 Å². The fourth-order valence-electron chi connectivity index (χ4n) is 2.10. The Hall–Kier alpha value is -0.180. The lowest BCUT2D eigenvalue weighted by molar-refractivity contribution is 0.470. The van der Waals surface area contributed by atoms with Crippen LogP contribution in [0.5, 0.6) is 0 Å². The summed E-state index contributed by atoms with van der Waals surface area (Å²) in [6, 6.07) is 9.43. The fourth-order valence-corrected chi connectivity index (χ4v) is 3.39. The second-order valence-electron chi connectivity index (χ2n) is 4.46. The van der Waals surface area contributed by atoms with Gasteiger partial charge in [0.25, 0.3) is 0 Å². The van der Waals surface area contributed by atoms with Gasteiger partial charge in [0, 0.05) is 22.9 Å². The second-order valence-corrected chi connectivity index (χ2v) is 6.05. The SMILES string of the molecule is CC(Cc1ccc(Cl)cc1)NC1CCSC1. The molecular weight excluding hydrogens is 238 g/mol. The van der Waals surface area contributed by atoms with Gasteiger partial charge >= 0.3 is 0 Å². The standard InChI is InChI=1S/C13H18ClNS/c1-10(15-13-6-7-16-9-13)8-11-2-4-12(14)5-3-11/h2-5,10,13,15H,6-9H2,1H3. The third kappa shape index (κ3) is 3.69. The van der Waals surface area contributed by atoms with Gasteiger partial charge in [-0.25, -0.2) is 0 Å². The Labute approximate surface area is 107 Å². The average Bonchev–Trinajstić information content (AvgIpc) is 2.74. The fraction of sp³-hybridized carbons (Fsp3) is 0.538. The van der Waals surface area contributed by atoms with E-state index < -0.39 is 0 Å². The molecule has 2 rings (SSSR count). The molecule has 0 spiro atoms. The predicted molar refractivity (Wildman–Crippen MR) is 73.5 cm³/mol. The maximum absolute atomic E-state index is 5.87. The van der Waals surface area contributed by atoms with E-state index in [2.05, 4.69) is 36.1 Å². The van der Waals surface area contributed by atoms with Gasteiger partial charge in [0.15, 0.2) is 0 Å². The molecule has 1 N–H and O–H groups in total. The summed E-state index contributed by atoms with van der Waals surface area (Å²) in [7, 11) is 0. The molecule has 1 aromatic rings. The van der Waals surface area contributed by atoms with Crippen LogP contribution in [0.1, 0.15) is 18.9 Å². The molecule has 88 valence electrons. The maximum Gasteiger partial charge on any atom is 0.0406 e. The molecule has 1 aliphatic heterocycles. The Bertz CT molecular complexity index is 319. The van der Waals surface area contributed by atoms with Crippen molar-refractivity contribution in [3.63, 3.8) is 0 Å². The molecule has 0 amide bonds. The van der Waals surface area contributed by atoms with Crippen LogP contribution in [0, 0.1) is 0 Å².